The predicted octanol–water partition coefficient (Wildman–Crippen LogP) is 2.70. The molecule has 1 aliphatic carbocycles. The van der Waals surface area contributed by atoms with Crippen molar-refractivity contribution in [2.24, 2.45) is 5.41 Å². The molecule has 1 fully saturated rings. The summed E-state index contributed by atoms with van der Waals surface area (Å²) in [6, 6.07) is 7.73. The van der Waals surface area contributed by atoms with Crippen LogP contribution in [-0.2, 0) is 14.3 Å². The number of esters is 1. The van der Waals surface area contributed by atoms with Crippen LogP contribution in [0.15, 0.2) is 30.3 Å². The van der Waals surface area contributed by atoms with Crippen molar-refractivity contribution in [1.82, 2.24) is 10.6 Å². The molecular weight excluding hydrogens is 355 g/mol. The van der Waals surface area contributed by atoms with E-state index in [1.165, 1.54) is 0 Å². The topological polar surface area (TPSA) is 84.5 Å². The molecule has 0 aliphatic heterocycles. The van der Waals surface area contributed by atoms with Gasteiger partial charge in [-0.25, -0.2) is 4.79 Å². The minimum atomic E-state index is -1.28. The summed E-state index contributed by atoms with van der Waals surface area (Å²) >= 11 is 12.0. The van der Waals surface area contributed by atoms with E-state index in [1.807, 2.05) is 0 Å². The van der Waals surface area contributed by atoms with Gasteiger partial charge in [0, 0.05) is 18.5 Å². The fourth-order valence-electron chi connectivity index (χ4n) is 2.14. The van der Waals surface area contributed by atoms with Crippen molar-refractivity contribution in [2.45, 2.75) is 30.7 Å². The molecule has 1 aromatic carbocycles. The Kier molecular flexibility index (Phi) is 5.40. The highest BCUT2D eigenvalue weighted by Gasteiger charge is 2.69. The van der Waals surface area contributed by atoms with Gasteiger partial charge in [-0.15, -0.1) is 23.2 Å². The van der Waals surface area contributed by atoms with Crippen molar-refractivity contribution in [2.75, 3.05) is 6.54 Å². The number of carbonyl (C=O) groups excluding carboxylic acids is 3. The molecule has 0 radical (unpaired) electrons. The molecule has 1 aromatic rings. The van der Waals surface area contributed by atoms with Gasteiger partial charge in [0.1, 0.15) is 9.75 Å². The van der Waals surface area contributed by atoms with Crippen LogP contribution in [0, 0.1) is 5.41 Å². The lowest BCUT2D eigenvalue weighted by atomic mass is 10.1. The quantitative estimate of drug-likeness (QED) is 0.614. The second-order valence-electron chi connectivity index (χ2n) is 5.76. The molecule has 3 amide bonds. The van der Waals surface area contributed by atoms with Crippen molar-refractivity contribution in [3.8, 4) is 0 Å². The zero-order valence-corrected chi connectivity index (χ0v) is 14.8. The number of hydrogen-bond acceptors (Lipinski definition) is 4. The summed E-state index contributed by atoms with van der Waals surface area (Å²) in [6.45, 7) is 3.64. The van der Waals surface area contributed by atoms with Gasteiger partial charge < -0.3 is 10.1 Å². The van der Waals surface area contributed by atoms with Gasteiger partial charge in [0.05, 0.1) is 0 Å². The van der Waals surface area contributed by atoms with Crippen LogP contribution < -0.4 is 10.6 Å². The number of carbonyl (C=O) groups is 3. The Morgan fingerprint density at radius 3 is 2.33 bits per heavy atom. The highest BCUT2D eigenvalue weighted by atomic mass is 35.5. The van der Waals surface area contributed by atoms with E-state index in [-0.39, 0.29) is 6.42 Å². The first kappa shape index (κ1) is 18.5. The van der Waals surface area contributed by atoms with Gasteiger partial charge in [-0.1, -0.05) is 30.3 Å². The minimum Gasteiger partial charge on any atom is -0.447 e. The van der Waals surface area contributed by atoms with Crippen LogP contribution in [0.3, 0.4) is 0 Å². The van der Waals surface area contributed by atoms with Crippen molar-refractivity contribution < 1.29 is 19.1 Å². The first-order valence-electron chi connectivity index (χ1n) is 7.44. The Bertz CT molecular complexity index is 651. The number of nitrogens with one attached hydrogen (secondary N) is 2. The number of ether oxygens (including phenoxy) is 1. The highest BCUT2D eigenvalue weighted by molar-refractivity contribution is 6.53. The number of rotatable bonds is 5. The van der Waals surface area contributed by atoms with Crippen molar-refractivity contribution in [3.05, 3.63) is 35.9 Å². The van der Waals surface area contributed by atoms with Crippen LogP contribution >= 0.6 is 23.2 Å². The average Bonchev–Trinajstić information content (AvgIpc) is 3.05. The Hall–Kier alpha value is -1.79. The van der Waals surface area contributed by atoms with Crippen LogP contribution in [0.4, 0.5) is 4.79 Å². The molecule has 24 heavy (non-hydrogen) atoms. The molecule has 2 N–H and O–H groups in total. The zero-order chi connectivity index (χ0) is 18.0. The van der Waals surface area contributed by atoms with E-state index >= 15 is 0 Å². The molecule has 1 saturated carbocycles. The lowest BCUT2D eigenvalue weighted by molar-refractivity contribution is -0.161. The van der Waals surface area contributed by atoms with Gasteiger partial charge in [0.2, 0.25) is 6.10 Å². The van der Waals surface area contributed by atoms with Crippen LogP contribution in [0.1, 0.15) is 31.9 Å². The molecule has 6 nitrogen and oxygen atoms in total. The number of hydrogen-bond donors (Lipinski definition) is 2. The summed E-state index contributed by atoms with van der Waals surface area (Å²) in [6.07, 6.45) is -1.04. The van der Waals surface area contributed by atoms with E-state index in [2.05, 4.69) is 10.6 Å². The van der Waals surface area contributed by atoms with Crippen molar-refractivity contribution in [3.63, 3.8) is 0 Å². The maximum Gasteiger partial charge on any atom is 0.321 e. The number of amides is 3. The first-order valence-corrected chi connectivity index (χ1v) is 8.19. The summed E-state index contributed by atoms with van der Waals surface area (Å²) in [5.74, 6) is -1.44. The molecule has 2 atom stereocenters. The summed E-state index contributed by atoms with van der Waals surface area (Å²) in [5, 5.41) is 4.58. The third-order valence-corrected chi connectivity index (χ3v) is 4.95. The number of imide groups is 1. The largest absolute Gasteiger partial charge is 0.447 e. The van der Waals surface area contributed by atoms with Crippen molar-refractivity contribution >= 4 is 41.1 Å². The van der Waals surface area contributed by atoms with Gasteiger partial charge in [-0.3, -0.25) is 14.9 Å². The predicted molar refractivity (Wildman–Crippen MR) is 89.7 cm³/mol. The SMILES string of the molecule is CCNC(=O)NC(=O)[C@H](OC(=O)[C@@]1(C)CC1(Cl)Cl)c1ccccc1. The number of alkyl halides is 2. The number of benzene rings is 1. The Morgan fingerprint density at radius 1 is 1.25 bits per heavy atom. The van der Waals surface area contributed by atoms with Crippen LogP contribution in [0.2, 0.25) is 0 Å². The van der Waals surface area contributed by atoms with Gasteiger partial charge in [-0.2, -0.15) is 0 Å². The number of halogens is 2. The average molecular weight is 373 g/mol. The Morgan fingerprint density at radius 2 is 1.83 bits per heavy atom. The molecule has 0 bridgehead atoms. The van der Waals surface area contributed by atoms with Gasteiger partial charge in [0.15, 0.2) is 0 Å². The van der Waals surface area contributed by atoms with Gasteiger partial charge in [-0.05, 0) is 13.8 Å². The smallest absolute Gasteiger partial charge is 0.321 e. The molecule has 0 aromatic heterocycles. The Balaban J connectivity index is 2.17. The van der Waals surface area contributed by atoms with Gasteiger partial charge >= 0.3 is 12.0 Å². The normalized spacial score (nSPS) is 22.2. The molecule has 8 heteroatoms. The third kappa shape index (κ3) is 3.82. The highest BCUT2D eigenvalue weighted by Crippen LogP contribution is 2.64. The lowest BCUT2D eigenvalue weighted by Gasteiger charge is -2.20. The molecule has 2 rings (SSSR count). The lowest BCUT2D eigenvalue weighted by Crippen LogP contribution is -2.43. The van der Waals surface area contributed by atoms with Crippen LogP contribution in [0.25, 0.3) is 0 Å². The van der Waals surface area contributed by atoms with E-state index in [9.17, 15) is 14.4 Å². The molecule has 1 aliphatic rings. The zero-order valence-electron chi connectivity index (χ0n) is 13.3. The summed E-state index contributed by atoms with van der Waals surface area (Å²) < 4.78 is 4.13. The third-order valence-electron chi connectivity index (χ3n) is 3.85. The van der Waals surface area contributed by atoms with Crippen molar-refractivity contribution in [1.29, 1.82) is 0 Å². The maximum atomic E-state index is 12.4. The van der Waals surface area contributed by atoms with Crippen LogP contribution in [-0.4, -0.2) is 28.8 Å². The van der Waals surface area contributed by atoms with Crippen LogP contribution in [0.5, 0.6) is 0 Å². The van der Waals surface area contributed by atoms with Gasteiger partial charge in [0.25, 0.3) is 5.91 Å². The van der Waals surface area contributed by atoms with E-state index < -0.39 is 33.8 Å². The summed E-state index contributed by atoms with van der Waals surface area (Å²) in [7, 11) is 0. The minimum absolute atomic E-state index is 0.237. The van der Waals surface area contributed by atoms with E-state index in [0.29, 0.717) is 12.1 Å². The molecule has 0 saturated heterocycles. The molecule has 0 unspecified atom stereocenters. The summed E-state index contributed by atoms with van der Waals surface area (Å²) in [5.41, 5.74) is -0.638. The van der Waals surface area contributed by atoms with E-state index in [4.69, 9.17) is 27.9 Å². The molecule has 0 spiro atoms. The maximum absolute atomic E-state index is 12.4. The second-order valence-corrected chi connectivity index (χ2v) is 7.24. The number of urea groups is 1. The fraction of sp³-hybridized carbons (Fsp3) is 0.438. The van der Waals surface area contributed by atoms with E-state index in [0.717, 1.165) is 0 Å². The fourth-order valence-corrected chi connectivity index (χ4v) is 2.83. The van der Waals surface area contributed by atoms with E-state index in [1.54, 1.807) is 44.2 Å². The Labute approximate surface area is 149 Å². The second kappa shape index (κ2) is 6.99. The monoisotopic (exact) mass is 372 g/mol. The molecular formula is C16H18Cl2N2O4. The standard InChI is InChI=1S/C16H18Cl2N2O4/c1-3-19-14(23)20-12(21)11(10-7-5-4-6-8-10)24-13(22)15(2)9-16(15,17)18/h4-8,11H,3,9H2,1-2H3,(H2,19,20,21,23)/t11-,15-/m1/s1. The molecule has 130 valence electrons. The first-order chi connectivity index (χ1) is 11.2. The summed E-state index contributed by atoms with van der Waals surface area (Å²) in [4.78, 5) is 36.3. The molecule has 0 heterocycles.